The van der Waals surface area contributed by atoms with E-state index < -0.39 is 0 Å². The van der Waals surface area contributed by atoms with Crippen LogP contribution in [0, 0.1) is 0 Å². The molecule has 1 amide bonds. The molecule has 7 nitrogen and oxygen atoms in total. The van der Waals surface area contributed by atoms with E-state index in [1.165, 1.54) is 31.5 Å². The monoisotopic (exact) mass is 345 g/mol. The molecule has 2 aliphatic heterocycles. The third-order valence-electron chi connectivity index (χ3n) is 6.21. The average molecular weight is 345 g/mol. The first-order valence-corrected chi connectivity index (χ1v) is 9.85. The van der Waals surface area contributed by atoms with Gasteiger partial charge in [0.1, 0.15) is 11.6 Å². The molecule has 2 saturated carbocycles. The summed E-state index contributed by atoms with van der Waals surface area (Å²) in [6, 6.07) is 0.296. The van der Waals surface area contributed by atoms with Crippen LogP contribution in [-0.2, 0) is 22.6 Å². The molecule has 5 rings (SSSR count). The van der Waals surface area contributed by atoms with Gasteiger partial charge in [0.05, 0.1) is 31.8 Å². The van der Waals surface area contributed by atoms with Gasteiger partial charge in [0, 0.05) is 25.6 Å². The Morgan fingerprint density at radius 1 is 1.08 bits per heavy atom. The van der Waals surface area contributed by atoms with Gasteiger partial charge in [-0.15, -0.1) is 10.2 Å². The van der Waals surface area contributed by atoms with Gasteiger partial charge >= 0.3 is 0 Å². The Labute approximate surface area is 148 Å². The normalized spacial score (nSPS) is 30.0. The zero-order valence-corrected chi connectivity index (χ0v) is 14.8. The van der Waals surface area contributed by atoms with Crippen LogP contribution in [0.2, 0.25) is 0 Å². The van der Waals surface area contributed by atoms with Crippen LogP contribution in [0.5, 0.6) is 0 Å². The molecule has 1 saturated heterocycles. The number of aromatic nitrogens is 3. The van der Waals surface area contributed by atoms with Crippen molar-refractivity contribution in [2.45, 2.75) is 69.7 Å². The number of hydrogen-bond acceptors (Lipinski definition) is 5. The molecule has 7 heteroatoms. The zero-order valence-electron chi connectivity index (χ0n) is 14.8. The van der Waals surface area contributed by atoms with Crippen LogP contribution in [-0.4, -0.2) is 68.9 Å². The lowest BCUT2D eigenvalue weighted by atomic mass is 9.90. The SMILES string of the molecule is O=C(CN1CCn2c(nnc2C2CC2)C1)N1CCO[C@@H]2CCCC[C@H]21. The van der Waals surface area contributed by atoms with E-state index in [1.54, 1.807) is 0 Å². The standard InChI is InChI=1S/C18H27N5O2/c24-17(22-9-10-25-15-4-2-1-3-14(15)22)12-21-7-8-23-16(11-21)19-20-18(23)13-5-6-13/h13-15H,1-12H2/t14-,15-/m1/s1. The van der Waals surface area contributed by atoms with Gasteiger partial charge in [0.2, 0.25) is 5.91 Å². The summed E-state index contributed by atoms with van der Waals surface area (Å²) in [5, 5.41) is 8.77. The van der Waals surface area contributed by atoms with Crippen molar-refractivity contribution in [3.8, 4) is 0 Å². The van der Waals surface area contributed by atoms with Crippen molar-refractivity contribution in [1.29, 1.82) is 0 Å². The van der Waals surface area contributed by atoms with E-state index in [0.29, 0.717) is 25.1 Å². The van der Waals surface area contributed by atoms with E-state index in [4.69, 9.17) is 4.74 Å². The maximum atomic E-state index is 12.9. The largest absolute Gasteiger partial charge is 0.374 e. The van der Waals surface area contributed by atoms with Crippen molar-refractivity contribution in [2.75, 3.05) is 26.2 Å². The third kappa shape index (κ3) is 2.97. The van der Waals surface area contributed by atoms with E-state index in [0.717, 1.165) is 44.8 Å². The van der Waals surface area contributed by atoms with Gasteiger partial charge in [-0.3, -0.25) is 9.69 Å². The van der Waals surface area contributed by atoms with Crippen molar-refractivity contribution in [2.24, 2.45) is 0 Å². The molecule has 0 spiro atoms. The fourth-order valence-electron chi connectivity index (χ4n) is 4.70. The number of fused-ring (bicyclic) bond motifs is 2. The number of amides is 1. The van der Waals surface area contributed by atoms with E-state index in [2.05, 4.69) is 24.6 Å². The first-order valence-electron chi connectivity index (χ1n) is 9.85. The number of nitrogens with zero attached hydrogens (tertiary/aromatic N) is 5. The first kappa shape index (κ1) is 15.8. The number of carbonyl (C=O) groups excluding carboxylic acids is 1. The Hall–Kier alpha value is -1.47. The van der Waals surface area contributed by atoms with Crippen molar-refractivity contribution in [1.82, 2.24) is 24.6 Å². The maximum absolute atomic E-state index is 12.9. The van der Waals surface area contributed by atoms with Crippen LogP contribution in [0.4, 0.5) is 0 Å². The second kappa shape index (κ2) is 6.36. The van der Waals surface area contributed by atoms with E-state index in [-0.39, 0.29) is 12.0 Å². The second-order valence-electron chi connectivity index (χ2n) is 7.96. The Bertz CT molecular complexity index is 654. The van der Waals surface area contributed by atoms with Gasteiger partial charge < -0.3 is 14.2 Å². The molecule has 0 aromatic carbocycles. The molecule has 3 heterocycles. The minimum Gasteiger partial charge on any atom is -0.374 e. The van der Waals surface area contributed by atoms with Gasteiger partial charge in [-0.1, -0.05) is 12.8 Å². The van der Waals surface area contributed by atoms with Crippen molar-refractivity contribution in [3.63, 3.8) is 0 Å². The zero-order chi connectivity index (χ0) is 16.8. The topological polar surface area (TPSA) is 63.5 Å². The predicted octanol–water partition coefficient (Wildman–Crippen LogP) is 1.14. The lowest BCUT2D eigenvalue weighted by Crippen LogP contribution is -2.57. The third-order valence-corrected chi connectivity index (χ3v) is 6.21. The average Bonchev–Trinajstić information content (AvgIpc) is 3.40. The number of rotatable bonds is 3. The fraction of sp³-hybridized carbons (Fsp3) is 0.833. The summed E-state index contributed by atoms with van der Waals surface area (Å²) in [5.41, 5.74) is 0. The van der Waals surface area contributed by atoms with Crippen LogP contribution in [0.3, 0.4) is 0 Å². The molecule has 0 radical (unpaired) electrons. The fourth-order valence-corrected chi connectivity index (χ4v) is 4.70. The summed E-state index contributed by atoms with van der Waals surface area (Å²) >= 11 is 0. The molecule has 1 aromatic rings. The molecule has 25 heavy (non-hydrogen) atoms. The van der Waals surface area contributed by atoms with Gasteiger partial charge in [-0.2, -0.15) is 0 Å². The molecule has 136 valence electrons. The summed E-state index contributed by atoms with van der Waals surface area (Å²) in [7, 11) is 0. The Kier molecular flexibility index (Phi) is 4.01. The number of ether oxygens (including phenoxy) is 1. The highest BCUT2D eigenvalue weighted by Crippen LogP contribution is 2.39. The van der Waals surface area contributed by atoms with Gasteiger partial charge in [-0.05, 0) is 25.7 Å². The second-order valence-corrected chi connectivity index (χ2v) is 7.96. The summed E-state index contributed by atoms with van der Waals surface area (Å²) in [6.45, 7) is 4.49. The van der Waals surface area contributed by atoms with Crippen LogP contribution >= 0.6 is 0 Å². The van der Waals surface area contributed by atoms with E-state index in [1.807, 2.05) is 0 Å². The molecule has 2 atom stereocenters. The minimum absolute atomic E-state index is 0.260. The molecule has 0 bridgehead atoms. The number of hydrogen-bond donors (Lipinski definition) is 0. The highest BCUT2D eigenvalue weighted by atomic mass is 16.5. The maximum Gasteiger partial charge on any atom is 0.237 e. The predicted molar refractivity (Wildman–Crippen MR) is 91.0 cm³/mol. The summed E-state index contributed by atoms with van der Waals surface area (Å²) in [6.07, 6.45) is 7.40. The lowest BCUT2D eigenvalue weighted by Gasteiger charge is -2.44. The highest BCUT2D eigenvalue weighted by Gasteiger charge is 2.37. The number of morpholine rings is 1. The summed E-state index contributed by atoms with van der Waals surface area (Å²) < 4.78 is 8.18. The molecule has 3 fully saturated rings. The van der Waals surface area contributed by atoms with Crippen LogP contribution in [0.25, 0.3) is 0 Å². The van der Waals surface area contributed by atoms with Crippen LogP contribution < -0.4 is 0 Å². The molecule has 0 N–H and O–H groups in total. The Morgan fingerprint density at radius 2 is 1.96 bits per heavy atom. The smallest absolute Gasteiger partial charge is 0.237 e. The minimum atomic E-state index is 0.260. The van der Waals surface area contributed by atoms with Gasteiger partial charge in [0.25, 0.3) is 0 Å². The molecular formula is C18H27N5O2. The molecule has 2 aliphatic carbocycles. The molecule has 0 unspecified atom stereocenters. The lowest BCUT2D eigenvalue weighted by molar-refractivity contribution is -0.151. The Balaban J connectivity index is 1.23. The number of carbonyl (C=O) groups is 1. The molecule has 4 aliphatic rings. The van der Waals surface area contributed by atoms with Crippen molar-refractivity contribution in [3.05, 3.63) is 11.6 Å². The molecule has 1 aromatic heterocycles. The van der Waals surface area contributed by atoms with Gasteiger partial charge in [0.15, 0.2) is 0 Å². The summed E-state index contributed by atoms with van der Waals surface area (Å²) in [4.78, 5) is 17.3. The summed E-state index contributed by atoms with van der Waals surface area (Å²) in [5.74, 6) is 3.08. The Morgan fingerprint density at radius 3 is 2.84 bits per heavy atom. The highest BCUT2D eigenvalue weighted by molar-refractivity contribution is 5.78. The van der Waals surface area contributed by atoms with Crippen molar-refractivity contribution >= 4 is 5.91 Å². The van der Waals surface area contributed by atoms with Gasteiger partial charge in [-0.25, -0.2) is 0 Å². The molecular weight excluding hydrogens is 318 g/mol. The van der Waals surface area contributed by atoms with Crippen LogP contribution in [0.15, 0.2) is 0 Å². The van der Waals surface area contributed by atoms with E-state index >= 15 is 0 Å². The van der Waals surface area contributed by atoms with E-state index in [9.17, 15) is 4.79 Å². The van der Waals surface area contributed by atoms with Crippen LogP contribution in [0.1, 0.15) is 56.1 Å². The van der Waals surface area contributed by atoms with Crippen molar-refractivity contribution < 1.29 is 9.53 Å². The quantitative estimate of drug-likeness (QED) is 0.822. The first-order chi connectivity index (χ1) is 12.3.